The van der Waals surface area contributed by atoms with Crippen LogP contribution in [-0.2, 0) is 0 Å². The minimum absolute atomic E-state index is 0.211. The van der Waals surface area contributed by atoms with Crippen molar-refractivity contribution in [2.24, 2.45) is 0 Å². The second-order valence-corrected chi connectivity index (χ2v) is 4.96. The lowest BCUT2D eigenvalue weighted by Gasteiger charge is -2.01. The van der Waals surface area contributed by atoms with Crippen molar-refractivity contribution in [3.8, 4) is 11.5 Å². The van der Waals surface area contributed by atoms with Crippen LogP contribution >= 0.6 is 0 Å². The number of nitrogens with zero attached hydrogens (tertiary/aromatic N) is 5. The van der Waals surface area contributed by atoms with Gasteiger partial charge in [-0.05, 0) is 19.9 Å². The Kier molecular flexibility index (Phi) is 2.58. The Morgan fingerprint density at radius 2 is 2.00 bits per heavy atom. The fourth-order valence-electron chi connectivity index (χ4n) is 1.91. The summed E-state index contributed by atoms with van der Waals surface area (Å²) in [4.78, 5) is 8.93. The van der Waals surface area contributed by atoms with E-state index in [4.69, 9.17) is 4.52 Å². The van der Waals surface area contributed by atoms with Crippen molar-refractivity contribution < 1.29 is 4.52 Å². The van der Waals surface area contributed by atoms with E-state index in [1.807, 2.05) is 38.3 Å². The van der Waals surface area contributed by atoms with Crippen LogP contribution in [0, 0.1) is 13.8 Å². The van der Waals surface area contributed by atoms with Crippen LogP contribution in [0.15, 0.2) is 16.8 Å². The fourth-order valence-corrected chi connectivity index (χ4v) is 1.91. The molecule has 3 rings (SSSR count). The molecule has 0 aromatic carbocycles. The maximum atomic E-state index is 5.22. The van der Waals surface area contributed by atoms with Gasteiger partial charge in [0.2, 0.25) is 11.7 Å². The van der Waals surface area contributed by atoms with Crippen molar-refractivity contribution in [3.05, 3.63) is 29.4 Å². The molecule has 0 bridgehead atoms. The third-order valence-corrected chi connectivity index (χ3v) is 2.99. The molecule has 6 nitrogen and oxygen atoms in total. The van der Waals surface area contributed by atoms with Gasteiger partial charge in [-0.2, -0.15) is 10.1 Å². The zero-order valence-electron chi connectivity index (χ0n) is 11.4. The molecule has 0 amide bonds. The lowest BCUT2D eigenvalue weighted by molar-refractivity contribution is 0.365. The van der Waals surface area contributed by atoms with Gasteiger partial charge in [0.1, 0.15) is 5.69 Å². The van der Waals surface area contributed by atoms with E-state index < -0.39 is 0 Å². The van der Waals surface area contributed by atoms with Gasteiger partial charge in [0.05, 0.1) is 6.20 Å². The number of aromatic nitrogens is 5. The first-order valence-electron chi connectivity index (χ1n) is 6.22. The third-order valence-electron chi connectivity index (χ3n) is 2.99. The predicted molar refractivity (Wildman–Crippen MR) is 69.8 cm³/mol. The highest BCUT2D eigenvalue weighted by Gasteiger charge is 2.15. The van der Waals surface area contributed by atoms with Crippen LogP contribution in [0.5, 0.6) is 0 Å². The van der Waals surface area contributed by atoms with Crippen LogP contribution in [0.2, 0.25) is 0 Å². The summed E-state index contributed by atoms with van der Waals surface area (Å²) in [5.74, 6) is 1.36. The Morgan fingerprint density at radius 1 is 1.21 bits per heavy atom. The average Bonchev–Trinajstić information content (AvgIpc) is 2.97. The molecule has 19 heavy (non-hydrogen) atoms. The minimum Gasteiger partial charge on any atom is -0.339 e. The Hall–Kier alpha value is -2.24. The van der Waals surface area contributed by atoms with E-state index in [0.717, 1.165) is 16.9 Å². The van der Waals surface area contributed by atoms with Gasteiger partial charge >= 0.3 is 0 Å². The molecule has 0 aliphatic heterocycles. The first-order chi connectivity index (χ1) is 9.06. The van der Waals surface area contributed by atoms with E-state index in [1.165, 1.54) is 0 Å². The smallest absolute Gasteiger partial charge is 0.229 e. The molecule has 0 saturated heterocycles. The van der Waals surface area contributed by atoms with E-state index in [1.54, 1.807) is 6.20 Å². The Morgan fingerprint density at radius 3 is 2.68 bits per heavy atom. The third kappa shape index (κ3) is 1.89. The summed E-state index contributed by atoms with van der Waals surface area (Å²) in [7, 11) is 0. The number of rotatable bonds is 2. The highest BCUT2D eigenvalue weighted by molar-refractivity contribution is 5.57. The van der Waals surface area contributed by atoms with Crippen LogP contribution in [-0.4, -0.2) is 24.7 Å². The summed E-state index contributed by atoms with van der Waals surface area (Å²) in [5, 5.41) is 8.27. The van der Waals surface area contributed by atoms with E-state index in [9.17, 15) is 0 Å². The van der Waals surface area contributed by atoms with Crippen LogP contribution in [0.4, 0.5) is 0 Å². The van der Waals surface area contributed by atoms with Crippen molar-refractivity contribution >= 4 is 5.65 Å². The molecule has 0 saturated carbocycles. The zero-order chi connectivity index (χ0) is 13.6. The Balaban J connectivity index is 2.16. The van der Waals surface area contributed by atoms with Crippen LogP contribution in [0.1, 0.15) is 36.9 Å². The number of hydrogen-bond acceptors (Lipinski definition) is 5. The average molecular weight is 257 g/mol. The van der Waals surface area contributed by atoms with Gasteiger partial charge in [0.15, 0.2) is 5.65 Å². The van der Waals surface area contributed by atoms with Gasteiger partial charge in [-0.15, -0.1) is 0 Å². The summed E-state index contributed by atoms with van der Waals surface area (Å²) in [6, 6.07) is 1.91. The second kappa shape index (κ2) is 4.15. The van der Waals surface area contributed by atoms with Gasteiger partial charge in [-0.1, -0.05) is 19.0 Å². The normalized spacial score (nSPS) is 11.6. The molecule has 0 aliphatic carbocycles. The molecular weight excluding hydrogens is 242 g/mol. The molecule has 3 aromatic heterocycles. The highest BCUT2D eigenvalue weighted by Crippen LogP contribution is 2.20. The minimum atomic E-state index is 0.211. The molecular formula is C13H15N5O. The van der Waals surface area contributed by atoms with Crippen LogP contribution in [0.25, 0.3) is 17.2 Å². The molecule has 6 heteroatoms. The fraction of sp³-hybridized carbons (Fsp3) is 0.385. The maximum Gasteiger partial charge on any atom is 0.229 e. The summed E-state index contributed by atoms with van der Waals surface area (Å²) >= 11 is 0. The lowest BCUT2D eigenvalue weighted by atomic mass is 10.2. The van der Waals surface area contributed by atoms with E-state index in [2.05, 4.69) is 20.2 Å². The second-order valence-electron chi connectivity index (χ2n) is 4.96. The number of fused-ring (bicyclic) bond motifs is 1. The summed E-state index contributed by atoms with van der Waals surface area (Å²) in [6.07, 6.45) is 1.80. The summed E-state index contributed by atoms with van der Waals surface area (Å²) in [6.45, 7) is 7.99. The maximum absolute atomic E-state index is 5.22. The molecule has 98 valence electrons. The standard InChI is InChI=1S/C13H15N5O/c1-7(2)13-16-11(17-19-13)10-5-9(4)18-12(15-10)8(3)6-14-18/h5-7H,1-4H3. The van der Waals surface area contributed by atoms with Crippen LogP contribution < -0.4 is 0 Å². The van der Waals surface area contributed by atoms with Gasteiger partial charge in [-0.3, -0.25) is 0 Å². The van der Waals surface area contributed by atoms with E-state index in [0.29, 0.717) is 17.4 Å². The first-order valence-corrected chi connectivity index (χ1v) is 6.22. The molecule has 0 radical (unpaired) electrons. The Labute approximate surface area is 110 Å². The van der Waals surface area contributed by atoms with Gasteiger partial charge in [0, 0.05) is 17.2 Å². The Bertz CT molecular complexity index is 741. The van der Waals surface area contributed by atoms with Gasteiger partial charge in [-0.25, -0.2) is 9.50 Å². The number of hydrogen-bond donors (Lipinski definition) is 0. The van der Waals surface area contributed by atoms with Crippen LogP contribution in [0.3, 0.4) is 0 Å². The van der Waals surface area contributed by atoms with Crippen molar-refractivity contribution in [3.63, 3.8) is 0 Å². The monoisotopic (exact) mass is 257 g/mol. The van der Waals surface area contributed by atoms with Crippen molar-refractivity contribution in [2.45, 2.75) is 33.6 Å². The molecule has 0 fully saturated rings. The molecule has 0 N–H and O–H groups in total. The molecule has 0 atom stereocenters. The van der Waals surface area contributed by atoms with Gasteiger partial charge in [0.25, 0.3) is 0 Å². The SMILES string of the molecule is Cc1cnn2c(C)cc(-c3noc(C(C)C)n3)nc12. The van der Waals surface area contributed by atoms with Crippen molar-refractivity contribution in [1.82, 2.24) is 24.7 Å². The van der Waals surface area contributed by atoms with Gasteiger partial charge < -0.3 is 4.52 Å². The molecule has 3 heterocycles. The highest BCUT2D eigenvalue weighted by atomic mass is 16.5. The molecule has 0 spiro atoms. The molecule has 0 aliphatic rings. The molecule has 3 aromatic rings. The molecule has 0 unspecified atom stereocenters. The largest absolute Gasteiger partial charge is 0.339 e. The quantitative estimate of drug-likeness (QED) is 0.705. The zero-order valence-corrected chi connectivity index (χ0v) is 11.4. The summed E-state index contributed by atoms with van der Waals surface area (Å²) < 4.78 is 7.03. The lowest BCUT2D eigenvalue weighted by Crippen LogP contribution is -1.98. The first kappa shape index (κ1) is 11.8. The summed E-state index contributed by atoms with van der Waals surface area (Å²) in [5.41, 5.74) is 3.55. The van der Waals surface area contributed by atoms with Crippen molar-refractivity contribution in [1.29, 1.82) is 0 Å². The topological polar surface area (TPSA) is 69.1 Å². The van der Waals surface area contributed by atoms with Crippen molar-refractivity contribution in [2.75, 3.05) is 0 Å². The number of aryl methyl sites for hydroxylation is 2. The predicted octanol–water partition coefficient (Wildman–Crippen LogP) is 2.52. The van der Waals surface area contributed by atoms with E-state index in [-0.39, 0.29) is 5.92 Å². The van der Waals surface area contributed by atoms with E-state index >= 15 is 0 Å².